The Bertz CT molecular complexity index is 201. The molecule has 0 saturated carbocycles. The summed E-state index contributed by atoms with van der Waals surface area (Å²) in [5.41, 5.74) is 0. The largest absolute Gasteiger partial charge is 0.394 e. The third-order valence-electron chi connectivity index (χ3n) is 1.94. The number of hydrogen-bond donors (Lipinski definition) is 2. The highest BCUT2D eigenvalue weighted by molar-refractivity contribution is 6.02. The first-order valence-corrected chi connectivity index (χ1v) is 3.90. The predicted molar refractivity (Wildman–Crippen MR) is 41.4 cm³/mol. The van der Waals surface area contributed by atoms with Gasteiger partial charge in [0.25, 0.3) is 0 Å². The molecule has 12 heavy (non-hydrogen) atoms. The monoisotopic (exact) mass is 172 g/mol. The van der Waals surface area contributed by atoms with Gasteiger partial charge in [-0.05, 0) is 6.42 Å². The van der Waals surface area contributed by atoms with Crippen molar-refractivity contribution in [3.8, 4) is 0 Å². The van der Waals surface area contributed by atoms with Crippen molar-refractivity contribution >= 4 is 11.9 Å². The van der Waals surface area contributed by atoms with Gasteiger partial charge in [-0.1, -0.05) is 6.92 Å². The van der Waals surface area contributed by atoms with E-state index in [9.17, 15) is 9.59 Å². The standard InChI is InChI=1S/C7H12N2O3/c1-2-5(4-10)9-3-6(11)8-7(9)12/h5,10H,2-4H2,1H3,(H,8,11,12). The molecule has 1 atom stereocenters. The molecule has 0 aromatic rings. The molecular weight excluding hydrogens is 160 g/mol. The fourth-order valence-electron chi connectivity index (χ4n) is 1.20. The van der Waals surface area contributed by atoms with Crippen LogP contribution in [0.25, 0.3) is 0 Å². The minimum Gasteiger partial charge on any atom is -0.394 e. The van der Waals surface area contributed by atoms with Gasteiger partial charge in [0.15, 0.2) is 0 Å². The second kappa shape index (κ2) is 3.53. The minimum atomic E-state index is -0.402. The molecule has 3 amide bonds. The first kappa shape index (κ1) is 8.99. The summed E-state index contributed by atoms with van der Waals surface area (Å²) in [5.74, 6) is -0.299. The number of aliphatic hydroxyl groups excluding tert-OH is 1. The number of nitrogens with zero attached hydrogens (tertiary/aromatic N) is 1. The van der Waals surface area contributed by atoms with E-state index in [1.54, 1.807) is 0 Å². The molecule has 1 rings (SSSR count). The molecule has 5 nitrogen and oxygen atoms in total. The van der Waals surface area contributed by atoms with E-state index in [0.29, 0.717) is 6.42 Å². The molecule has 1 aliphatic heterocycles. The van der Waals surface area contributed by atoms with E-state index in [0.717, 1.165) is 0 Å². The van der Waals surface area contributed by atoms with Gasteiger partial charge >= 0.3 is 6.03 Å². The highest BCUT2D eigenvalue weighted by atomic mass is 16.3. The van der Waals surface area contributed by atoms with Crippen LogP contribution in [0.5, 0.6) is 0 Å². The van der Waals surface area contributed by atoms with Gasteiger partial charge in [0.05, 0.1) is 12.6 Å². The number of carbonyl (C=O) groups excluding carboxylic acids is 2. The van der Waals surface area contributed by atoms with E-state index >= 15 is 0 Å². The first-order chi connectivity index (χ1) is 5.69. The summed E-state index contributed by atoms with van der Waals surface area (Å²) in [6.45, 7) is 1.83. The van der Waals surface area contributed by atoms with Crippen LogP contribution in [0.2, 0.25) is 0 Å². The Kier molecular flexibility index (Phi) is 2.65. The quantitative estimate of drug-likeness (QED) is 0.553. The van der Waals surface area contributed by atoms with Gasteiger partial charge in [0, 0.05) is 0 Å². The van der Waals surface area contributed by atoms with Crippen molar-refractivity contribution < 1.29 is 14.7 Å². The maximum atomic E-state index is 11.0. The number of urea groups is 1. The second-order valence-electron chi connectivity index (χ2n) is 2.73. The van der Waals surface area contributed by atoms with E-state index < -0.39 is 6.03 Å². The van der Waals surface area contributed by atoms with E-state index in [1.807, 2.05) is 6.92 Å². The highest BCUT2D eigenvalue weighted by Gasteiger charge is 2.31. The summed E-state index contributed by atoms with van der Waals surface area (Å²) >= 11 is 0. The molecule has 1 unspecified atom stereocenters. The lowest BCUT2D eigenvalue weighted by atomic mass is 10.2. The Morgan fingerprint density at radius 3 is 2.67 bits per heavy atom. The van der Waals surface area contributed by atoms with E-state index in [4.69, 9.17) is 5.11 Å². The summed E-state index contributed by atoms with van der Waals surface area (Å²) < 4.78 is 0. The van der Waals surface area contributed by atoms with Crippen molar-refractivity contribution in [1.82, 2.24) is 10.2 Å². The number of imide groups is 1. The summed E-state index contributed by atoms with van der Waals surface area (Å²) in [7, 11) is 0. The van der Waals surface area contributed by atoms with Crippen molar-refractivity contribution in [3.05, 3.63) is 0 Å². The van der Waals surface area contributed by atoms with Crippen molar-refractivity contribution in [2.75, 3.05) is 13.2 Å². The van der Waals surface area contributed by atoms with E-state index in [1.165, 1.54) is 4.90 Å². The van der Waals surface area contributed by atoms with Crippen LogP contribution in [0.1, 0.15) is 13.3 Å². The maximum Gasteiger partial charge on any atom is 0.324 e. The molecule has 2 N–H and O–H groups in total. The molecule has 1 aliphatic rings. The van der Waals surface area contributed by atoms with Crippen LogP contribution in [0.3, 0.4) is 0 Å². The topological polar surface area (TPSA) is 69.6 Å². The van der Waals surface area contributed by atoms with E-state index in [-0.39, 0.29) is 25.1 Å². The average molecular weight is 172 g/mol. The Morgan fingerprint density at radius 2 is 2.33 bits per heavy atom. The number of rotatable bonds is 3. The van der Waals surface area contributed by atoms with Gasteiger partial charge in [-0.3, -0.25) is 10.1 Å². The van der Waals surface area contributed by atoms with Crippen molar-refractivity contribution in [2.24, 2.45) is 0 Å². The summed E-state index contributed by atoms with van der Waals surface area (Å²) in [6, 6.07) is -0.641. The smallest absolute Gasteiger partial charge is 0.324 e. The molecule has 0 spiro atoms. The van der Waals surface area contributed by atoms with Crippen LogP contribution >= 0.6 is 0 Å². The lowest BCUT2D eigenvalue weighted by Crippen LogP contribution is -2.39. The summed E-state index contributed by atoms with van der Waals surface area (Å²) in [5, 5.41) is 11.0. The summed E-state index contributed by atoms with van der Waals surface area (Å²) in [4.78, 5) is 23.1. The van der Waals surface area contributed by atoms with Crippen LogP contribution in [0.4, 0.5) is 4.79 Å². The van der Waals surface area contributed by atoms with Gasteiger partial charge in [-0.25, -0.2) is 4.79 Å². The van der Waals surface area contributed by atoms with Crippen LogP contribution in [-0.4, -0.2) is 41.1 Å². The Morgan fingerprint density at radius 1 is 1.67 bits per heavy atom. The Labute approximate surface area is 70.4 Å². The third kappa shape index (κ3) is 1.55. The van der Waals surface area contributed by atoms with Gasteiger partial charge in [0.1, 0.15) is 6.54 Å². The molecular formula is C7H12N2O3. The molecule has 0 bridgehead atoms. The van der Waals surface area contributed by atoms with Crippen molar-refractivity contribution in [2.45, 2.75) is 19.4 Å². The van der Waals surface area contributed by atoms with Gasteiger partial charge in [-0.2, -0.15) is 0 Å². The zero-order valence-corrected chi connectivity index (χ0v) is 6.91. The van der Waals surface area contributed by atoms with Crippen molar-refractivity contribution in [3.63, 3.8) is 0 Å². The average Bonchev–Trinajstić information content (AvgIpc) is 2.34. The predicted octanol–water partition coefficient (Wildman–Crippen LogP) is -0.691. The second-order valence-corrected chi connectivity index (χ2v) is 2.73. The summed E-state index contributed by atoms with van der Waals surface area (Å²) in [6.07, 6.45) is 0.650. The van der Waals surface area contributed by atoms with Crippen LogP contribution < -0.4 is 5.32 Å². The lowest BCUT2D eigenvalue weighted by molar-refractivity contribution is -0.118. The zero-order chi connectivity index (χ0) is 9.14. The minimum absolute atomic E-state index is 0.0674. The molecule has 0 aromatic heterocycles. The zero-order valence-electron chi connectivity index (χ0n) is 6.91. The van der Waals surface area contributed by atoms with E-state index in [2.05, 4.69) is 5.32 Å². The fraction of sp³-hybridized carbons (Fsp3) is 0.714. The Balaban J connectivity index is 2.62. The Hall–Kier alpha value is -1.10. The third-order valence-corrected chi connectivity index (χ3v) is 1.94. The molecule has 0 radical (unpaired) electrons. The highest BCUT2D eigenvalue weighted by Crippen LogP contribution is 2.07. The molecule has 1 heterocycles. The maximum absolute atomic E-state index is 11.0. The molecule has 0 aromatic carbocycles. The van der Waals surface area contributed by atoms with Crippen LogP contribution in [0, 0.1) is 0 Å². The lowest BCUT2D eigenvalue weighted by Gasteiger charge is -2.22. The SMILES string of the molecule is CCC(CO)N1CC(=O)NC1=O. The number of hydrogen-bond acceptors (Lipinski definition) is 3. The van der Waals surface area contributed by atoms with Crippen LogP contribution in [-0.2, 0) is 4.79 Å². The first-order valence-electron chi connectivity index (χ1n) is 3.90. The molecule has 0 aliphatic carbocycles. The number of amides is 3. The molecule has 5 heteroatoms. The molecule has 68 valence electrons. The normalized spacial score (nSPS) is 19.7. The van der Waals surface area contributed by atoms with Crippen LogP contribution in [0.15, 0.2) is 0 Å². The van der Waals surface area contributed by atoms with Gasteiger partial charge < -0.3 is 10.0 Å². The molecule has 1 saturated heterocycles. The number of carbonyl (C=O) groups is 2. The number of nitrogens with one attached hydrogen (secondary N) is 1. The fourth-order valence-corrected chi connectivity index (χ4v) is 1.20. The van der Waals surface area contributed by atoms with Crippen molar-refractivity contribution in [1.29, 1.82) is 0 Å². The number of aliphatic hydroxyl groups is 1. The van der Waals surface area contributed by atoms with Gasteiger partial charge in [-0.15, -0.1) is 0 Å². The van der Waals surface area contributed by atoms with Gasteiger partial charge in [0.2, 0.25) is 5.91 Å². The molecule has 1 fully saturated rings.